The molecule has 0 radical (unpaired) electrons. The van der Waals surface area contributed by atoms with Gasteiger partial charge < -0.3 is 10.1 Å². The number of alkyl halides is 2. The van der Waals surface area contributed by atoms with Crippen LogP contribution in [0.3, 0.4) is 0 Å². The van der Waals surface area contributed by atoms with Gasteiger partial charge >= 0.3 is 6.61 Å². The summed E-state index contributed by atoms with van der Waals surface area (Å²) in [6.45, 7) is -2.90. The quantitative estimate of drug-likeness (QED) is 0.511. The van der Waals surface area contributed by atoms with Crippen molar-refractivity contribution >= 4 is 22.5 Å². The van der Waals surface area contributed by atoms with E-state index in [0.717, 1.165) is 0 Å². The monoisotopic (exact) mass is 391 g/mol. The van der Waals surface area contributed by atoms with E-state index < -0.39 is 6.61 Å². The van der Waals surface area contributed by atoms with Crippen molar-refractivity contribution in [3.05, 3.63) is 84.6 Å². The number of halogens is 2. The summed E-state index contributed by atoms with van der Waals surface area (Å²) < 4.78 is 28.9. The number of carbonyl (C=O) groups is 1. The number of nitrogens with one attached hydrogen (secondary N) is 1. The van der Waals surface area contributed by atoms with E-state index in [9.17, 15) is 13.6 Å². The summed E-state index contributed by atoms with van der Waals surface area (Å²) in [7, 11) is 0. The third-order valence-corrected chi connectivity index (χ3v) is 4.23. The first kappa shape index (κ1) is 18.5. The summed E-state index contributed by atoms with van der Waals surface area (Å²) in [5, 5.41) is 3.48. The van der Waals surface area contributed by atoms with Gasteiger partial charge in [-0.15, -0.1) is 0 Å². The minimum absolute atomic E-state index is 0.0183. The van der Waals surface area contributed by atoms with Crippen molar-refractivity contribution in [2.45, 2.75) is 6.61 Å². The van der Waals surface area contributed by atoms with Crippen LogP contribution in [0.2, 0.25) is 0 Å². The van der Waals surface area contributed by atoms with Gasteiger partial charge in [-0.05, 0) is 48.5 Å². The molecular formula is C22H15F2N3O2. The molecule has 4 aromatic rings. The second kappa shape index (κ2) is 8.02. The van der Waals surface area contributed by atoms with E-state index in [0.29, 0.717) is 33.5 Å². The van der Waals surface area contributed by atoms with Gasteiger partial charge in [-0.2, -0.15) is 8.78 Å². The number of carbonyl (C=O) groups excluding carboxylic acids is 1. The van der Waals surface area contributed by atoms with E-state index in [1.807, 2.05) is 36.4 Å². The van der Waals surface area contributed by atoms with Crippen LogP contribution in [-0.2, 0) is 0 Å². The van der Waals surface area contributed by atoms with E-state index in [-0.39, 0.29) is 11.7 Å². The van der Waals surface area contributed by atoms with E-state index in [4.69, 9.17) is 0 Å². The molecule has 1 amide bonds. The molecule has 2 aromatic carbocycles. The Hall–Kier alpha value is -3.87. The molecule has 5 nitrogen and oxygen atoms in total. The third-order valence-electron chi connectivity index (χ3n) is 4.23. The number of pyridine rings is 2. The molecule has 0 aliphatic carbocycles. The van der Waals surface area contributed by atoms with Crippen molar-refractivity contribution in [2.75, 3.05) is 5.32 Å². The van der Waals surface area contributed by atoms with Crippen LogP contribution in [0.15, 0.2) is 79.0 Å². The minimum atomic E-state index is -2.90. The Morgan fingerprint density at radius 2 is 1.69 bits per heavy atom. The number of fused-ring (bicyclic) bond motifs is 1. The standard InChI is InChI=1S/C22H15F2N3O2/c23-22(24)29-15-10-8-14(9-11-15)26-21(28)17-13-20(19-7-3-4-12-25-19)27-18-6-2-1-5-16(17)18/h1-13,22H,(H,26,28). The number of benzene rings is 2. The highest BCUT2D eigenvalue weighted by Crippen LogP contribution is 2.25. The van der Waals surface area contributed by atoms with Crippen LogP contribution < -0.4 is 10.1 Å². The van der Waals surface area contributed by atoms with Crippen molar-refractivity contribution in [1.82, 2.24) is 9.97 Å². The lowest BCUT2D eigenvalue weighted by molar-refractivity contribution is -0.0498. The van der Waals surface area contributed by atoms with Crippen LogP contribution >= 0.6 is 0 Å². The van der Waals surface area contributed by atoms with Crippen molar-refractivity contribution in [3.8, 4) is 17.1 Å². The van der Waals surface area contributed by atoms with Gasteiger partial charge in [0.05, 0.1) is 22.5 Å². The Labute approximate surface area is 165 Å². The van der Waals surface area contributed by atoms with Crippen LogP contribution in [0, 0.1) is 0 Å². The Kier molecular flexibility index (Phi) is 5.11. The van der Waals surface area contributed by atoms with E-state index in [1.54, 1.807) is 18.3 Å². The van der Waals surface area contributed by atoms with Gasteiger partial charge in [0.1, 0.15) is 5.75 Å². The SMILES string of the molecule is O=C(Nc1ccc(OC(F)F)cc1)c1cc(-c2ccccn2)nc2ccccc12. The number of nitrogens with zero attached hydrogens (tertiary/aromatic N) is 2. The molecule has 0 aliphatic heterocycles. The third kappa shape index (κ3) is 4.19. The summed E-state index contributed by atoms with van der Waals surface area (Å²) >= 11 is 0. The van der Waals surface area contributed by atoms with Gasteiger partial charge in [0.15, 0.2) is 0 Å². The maximum Gasteiger partial charge on any atom is 0.387 e. The minimum Gasteiger partial charge on any atom is -0.435 e. The molecule has 29 heavy (non-hydrogen) atoms. The van der Waals surface area contributed by atoms with Gasteiger partial charge in [-0.25, -0.2) is 4.98 Å². The number of hydrogen-bond acceptors (Lipinski definition) is 4. The molecule has 0 bridgehead atoms. The predicted octanol–water partition coefficient (Wildman–Crippen LogP) is 5.15. The van der Waals surface area contributed by atoms with Crippen molar-refractivity contribution in [1.29, 1.82) is 0 Å². The smallest absolute Gasteiger partial charge is 0.387 e. The topological polar surface area (TPSA) is 64.1 Å². The summed E-state index contributed by atoms with van der Waals surface area (Å²) in [6.07, 6.45) is 1.66. The zero-order chi connectivity index (χ0) is 20.2. The molecular weight excluding hydrogens is 376 g/mol. The normalized spacial score (nSPS) is 10.9. The molecule has 0 saturated carbocycles. The first-order valence-electron chi connectivity index (χ1n) is 8.77. The molecule has 4 rings (SSSR count). The van der Waals surface area contributed by atoms with E-state index >= 15 is 0 Å². The number of ether oxygens (including phenoxy) is 1. The molecule has 0 atom stereocenters. The number of aromatic nitrogens is 2. The Bertz CT molecular complexity index is 1150. The van der Waals surface area contributed by atoms with Gasteiger partial charge in [0, 0.05) is 17.3 Å². The van der Waals surface area contributed by atoms with Gasteiger partial charge in [0.25, 0.3) is 5.91 Å². The molecule has 144 valence electrons. The van der Waals surface area contributed by atoms with Crippen LogP contribution in [0.25, 0.3) is 22.3 Å². The van der Waals surface area contributed by atoms with Crippen molar-refractivity contribution < 1.29 is 18.3 Å². The predicted molar refractivity (Wildman–Crippen MR) is 106 cm³/mol. The van der Waals surface area contributed by atoms with E-state index in [2.05, 4.69) is 20.0 Å². The molecule has 0 fully saturated rings. The average Bonchev–Trinajstić information content (AvgIpc) is 2.74. The zero-order valence-electron chi connectivity index (χ0n) is 15.0. The molecule has 0 unspecified atom stereocenters. The van der Waals surface area contributed by atoms with Gasteiger partial charge in [0.2, 0.25) is 0 Å². The van der Waals surface area contributed by atoms with Crippen LogP contribution in [-0.4, -0.2) is 22.5 Å². The maximum atomic E-state index is 13.0. The lowest BCUT2D eigenvalue weighted by atomic mass is 10.1. The van der Waals surface area contributed by atoms with Crippen molar-refractivity contribution in [3.63, 3.8) is 0 Å². The van der Waals surface area contributed by atoms with Crippen LogP contribution in [0.1, 0.15) is 10.4 Å². The van der Waals surface area contributed by atoms with E-state index in [1.165, 1.54) is 24.3 Å². The summed E-state index contributed by atoms with van der Waals surface area (Å²) in [6, 6.07) is 20.2. The Morgan fingerprint density at radius 1 is 0.931 bits per heavy atom. The number of para-hydroxylation sites is 1. The number of rotatable bonds is 5. The Morgan fingerprint density at radius 3 is 2.41 bits per heavy atom. The fraction of sp³-hybridized carbons (Fsp3) is 0.0455. The summed E-state index contributed by atoms with van der Waals surface area (Å²) in [4.78, 5) is 21.9. The number of amides is 1. The number of anilines is 1. The lowest BCUT2D eigenvalue weighted by Gasteiger charge is -2.11. The highest BCUT2D eigenvalue weighted by Gasteiger charge is 2.15. The zero-order valence-corrected chi connectivity index (χ0v) is 15.0. The largest absolute Gasteiger partial charge is 0.435 e. The summed E-state index contributed by atoms with van der Waals surface area (Å²) in [5.74, 6) is -0.326. The highest BCUT2D eigenvalue weighted by molar-refractivity contribution is 6.13. The van der Waals surface area contributed by atoms with Gasteiger partial charge in [-0.3, -0.25) is 9.78 Å². The van der Waals surface area contributed by atoms with Crippen LogP contribution in [0.4, 0.5) is 14.5 Å². The first-order chi connectivity index (χ1) is 14.1. The highest BCUT2D eigenvalue weighted by atomic mass is 19.3. The van der Waals surface area contributed by atoms with Gasteiger partial charge in [-0.1, -0.05) is 24.3 Å². The molecule has 0 aliphatic rings. The molecule has 1 N–H and O–H groups in total. The van der Waals surface area contributed by atoms with Crippen LogP contribution in [0.5, 0.6) is 5.75 Å². The lowest BCUT2D eigenvalue weighted by Crippen LogP contribution is -2.13. The number of hydrogen-bond donors (Lipinski definition) is 1. The molecule has 0 saturated heterocycles. The molecule has 7 heteroatoms. The second-order valence-corrected chi connectivity index (χ2v) is 6.14. The molecule has 2 heterocycles. The molecule has 0 spiro atoms. The molecule has 2 aromatic heterocycles. The van der Waals surface area contributed by atoms with Crippen molar-refractivity contribution in [2.24, 2.45) is 0 Å². The average molecular weight is 391 g/mol. The Balaban J connectivity index is 1.68. The fourth-order valence-electron chi connectivity index (χ4n) is 2.93. The maximum absolute atomic E-state index is 13.0. The fourth-order valence-corrected chi connectivity index (χ4v) is 2.93. The summed E-state index contributed by atoms with van der Waals surface area (Å²) in [5.41, 5.74) is 2.79. The first-order valence-corrected chi connectivity index (χ1v) is 8.77. The second-order valence-electron chi connectivity index (χ2n) is 6.14.